The normalized spacial score (nSPS) is 20.6. The van der Waals surface area contributed by atoms with E-state index in [1.54, 1.807) is 0 Å². The molecule has 16 heavy (non-hydrogen) atoms. The van der Waals surface area contributed by atoms with Crippen LogP contribution in [-0.2, 0) is 14.3 Å². The Bertz CT molecular complexity index is 250. The molecule has 1 aliphatic carbocycles. The van der Waals surface area contributed by atoms with E-state index >= 15 is 0 Å². The molecule has 3 heteroatoms. The van der Waals surface area contributed by atoms with Crippen molar-refractivity contribution < 1.29 is 14.3 Å². The van der Waals surface area contributed by atoms with E-state index < -0.39 is 0 Å². The molecule has 0 aliphatic heterocycles. The Morgan fingerprint density at radius 1 is 1.06 bits per heavy atom. The number of carbonyl (C=O) groups excluding carboxylic acids is 2. The molecule has 0 heterocycles. The largest absolute Gasteiger partial charge is 0.459 e. The highest BCUT2D eigenvalue weighted by Crippen LogP contribution is 2.29. The Labute approximate surface area is 97.5 Å². The van der Waals surface area contributed by atoms with E-state index in [4.69, 9.17) is 4.74 Å². The molecule has 0 aromatic carbocycles. The van der Waals surface area contributed by atoms with Gasteiger partial charge in [-0.3, -0.25) is 9.59 Å². The topological polar surface area (TPSA) is 43.4 Å². The first kappa shape index (κ1) is 13.2. The average molecular weight is 226 g/mol. The van der Waals surface area contributed by atoms with E-state index in [2.05, 4.69) is 0 Å². The summed E-state index contributed by atoms with van der Waals surface area (Å²) in [5.74, 6) is -0.491. The van der Waals surface area contributed by atoms with Crippen LogP contribution in [0.25, 0.3) is 0 Å². The molecule has 0 bridgehead atoms. The molecule has 0 saturated heterocycles. The van der Waals surface area contributed by atoms with Crippen LogP contribution in [0.4, 0.5) is 0 Å². The standard InChI is InChI=1S/C13H22O3/c1-11(14)10-12(15)16-13(2)8-6-4-3-5-7-9-13/h3-10H2,1-2H3. The predicted molar refractivity (Wildman–Crippen MR) is 62.1 cm³/mol. The lowest BCUT2D eigenvalue weighted by atomic mass is 9.88. The summed E-state index contributed by atoms with van der Waals surface area (Å²) in [6.45, 7) is 3.41. The fraction of sp³-hybridized carbons (Fsp3) is 0.846. The molecular weight excluding hydrogens is 204 g/mol. The minimum Gasteiger partial charge on any atom is -0.459 e. The molecule has 0 N–H and O–H groups in total. The van der Waals surface area contributed by atoms with E-state index in [-0.39, 0.29) is 23.8 Å². The lowest BCUT2D eigenvalue weighted by molar-refractivity contribution is -0.161. The number of hydrogen-bond donors (Lipinski definition) is 0. The lowest BCUT2D eigenvalue weighted by Crippen LogP contribution is -2.33. The molecule has 0 radical (unpaired) electrons. The molecule has 0 aromatic rings. The van der Waals surface area contributed by atoms with Crippen LogP contribution in [-0.4, -0.2) is 17.4 Å². The quantitative estimate of drug-likeness (QED) is 0.549. The van der Waals surface area contributed by atoms with E-state index in [0.717, 1.165) is 25.7 Å². The van der Waals surface area contributed by atoms with Gasteiger partial charge in [0.05, 0.1) is 0 Å². The molecule has 92 valence electrons. The summed E-state index contributed by atoms with van der Waals surface area (Å²) in [5, 5.41) is 0. The van der Waals surface area contributed by atoms with E-state index in [1.165, 1.54) is 26.2 Å². The highest BCUT2D eigenvalue weighted by molar-refractivity contribution is 5.94. The zero-order valence-electron chi connectivity index (χ0n) is 10.4. The van der Waals surface area contributed by atoms with E-state index in [0.29, 0.717) is 0 Å². The highest BCUT2D eigenvalue weighted by Gasteiger charge is 2.29. The summed E-state index contributed by atoms with van der Waals surface area (Å²) < 4.78 is 5.47. The van der Waals surface area contributed by atoms with Crippen LogP contribution >= 0.6 is 0 Å². The second kappa shape index (κ2) is 6.02. The van der Waals surface area contributed by atoms with Gasteiger partial charge in [-0.25, -0.2) is 0 Å². The first-order valence-corrected chi connectivity index (χ1v) is 6.23. The first-order valence-electron chi connectivity index (χ1n) is 6.23. The van der Waals surface area contributed by atoms with Crippen molar-refractivity contribution in [2.45, 2.75) is 70.8 Å². The Balaban J connectivity index is 2.46. The summed E-state index contributed by atoms with van der Waals surface area (Å²) in [4.78, 5) is 22.3. The number of esters is 1. The van der Waals surface area contributed by atoms with Crippen molar-refractivity contribution in [2.75, 3.05) is 0 Å². The predicted octanol–water partition coefficient (Wildman–Crippen LogP) is 3.01. The van der Waals surface area contributed by atoms with Gasteiger partial charge < -0.3 is 4.74 Å². The summed E-state index contributed by atoms with van der Waals surface area (Å²) >= 11 is 0. The van der Waals surface area contributed by atoms with Crippen LogP contribution in [0.15, 0.2) is 0 Å². The van der Waals surface area contributed by atoms with Gasteiger partial charge in [-0.2, -0.15) is 0 Å². The van der Waals surface area contributed by atoms with Gasteiger partial charge in [-0.05, 0) is 39.5 Å². The van der Waals surface area contributed by atoms with Crippen molar-refractivity contribution in [3.05, 3.63) is 0 Å². The molecule has 3 nitrogen and oxygen atoms in total. The smallest absolute Gasteiger partial charge is 0.313 e. The maximum Gasteiger partial charge on any atom is 0.313 e. The third-order valence-corrected chi connectivity index (χ3v) is 3.16. The van der Waals surface area contributed by atoms with Crippen LogP contribution in [0.5, 0.6) is 0 Å². The second-order valence-corrected chi connectivity index (χ2v) is 5.07. The Kier molecular flexibility index (Phi) is 4.97. The molecule has 0 atom stereocenters. The lowest BCUT2D eigenvalue weighted by Gasteiger charge is -2.31. The fourth-order valence-corrected chi connectivity index (χ4v) is 2.27. The zero-order chi connectivity index (χ0) is 12.0. The molecule has 1 aliphatic rings. The van der Waals surface area contributed by atoms with Gasteiger partial charge in [0.2, 0.25) is 0 Å². The van der Waals surface area contributed by atoms with Crippen LogP contribution in [0.3, 0.4) is 0 Å². The minimum absolute atomic E-state index is 0.0877. The maximum absolute atomic E-state index is 11.5. The van der Waals surface area contributed by atoms with Gasteiger partial charge in [0.25, 0.3) is 0 Å². The van der Waals surface area contributed by atoms with Crippen LogP contribution in [0.2, 0.25) is 0 Å². The number of ketones is 1. The van der Waals surface area contributed by atoms with Crippen LogP contribution < -0.4 is 0 Å². The summed E-state index contributed by atoms with van der Waals surface area (Å²) in [7, 11) is 0. The van der Waals surface area contributed by atoms with E-state index in [1.807, 2.05) is 6.92 Å². The number of carbonyl (C=O) groups is 2. The Morgan fingerprint density at radius 2 is 1.56 bits per heavy atom. The fourth-order valence-electron chi connectivity index (χ4n) is 2.27. The van der Waals surface area contributed by atoms with Crippen molar-refractivity contribution in [3.8, 4) is 0 Å². The van der Waals surface area contributed by atoms with Crippen molar-refractivity contribution in [3.63, 3.8) is 0 Å². The monoisotopic (exact) mass is 226 g/mol. The van der Waals surface area contributed by atoms with Gasteiger partial charge in [0, 0.05) is 0 Å². The molecule has 0 aromatic heterocycles. The molecule has 0 spiro atoms. The van der Waals surface area contributed by atoms with Crippen LogP contribution in [0.1, 0.15) is 65.2 Å². The summed E-state index contributed by atoms with van der Waals surface area (Å²) in [6.07, 6.45) is 7.73. The summed E-state index contributed by atoms with van der Waals surface area (Å²) in [6, 6.07) is 0. The van der Waals surface area contributed by atoms with E-state index in [9.17, 15) is 9.59 Å². The molecule has 1 rings (SSSR count). The van der Waals surface area contributed by atoms with Crippen molar-refractivity contribution in [2.24, 2.45) is 0 Å². The molecule has 1 fully saturated rings. The van der Waals surface area contributed by atoms with Crippen molar-refractivity contribution >= 4 is 11.8 Å². The zero-order valence-corrected chi connectivity index (χ0v) is 10.4. The molecule has 1 saturated carbocycles. The average Bonchev–Trinajstić information content (AvgIpc) is 2.10. The highest BCUT2D eigenvalue weighted by atomic mass is 16.6. The third-order valence-electron chi connectivity index (χ3n) is 3.16. The van der Waals surface area contributed by atoms with Crippen molar-refractivity contribution in [1.29, 1.82) is 0 Å². The van der Waals surface area contributed by atoms with Crippen LogP contribution in [0, 0.1) is 0 Å². The van der Waals surface area contributed by atoms with Crippen molar-refractivity contribution in [1.82, 2.24) is 0 Å². The minimum atomic E-state index is -0.365. The molecule has 0 amide bonds. The SMILES string of the molecule is CC(=O)CC(=O)OC1(C)CCCCCCC1. The maximum atomic E-state index is 11.5. The first-order chi connectivity index (χ1) is 7.52. The Morgan fingerprint density at radius 3 is 2.06 bits per heavy atom. The van der Waals surface area contributed by atoms with Gasteiger partial charge in [0.1, 0.15) is 17.8 Å². The third kappa shape index (κ3) is 4.77. The Hall–Kier alpha value is -0.860. The number of Topliss-reactive ketones (excluding diaryl/α,β-unsaturated/α-hetero) is 1. The van der Waals surface area contributed by atoms with Gasteiger partial charge in [-0.1, -0.05) is 19.3 Å². The number of ether oxygens (including phenoxy) is 1. The van der Waals surface area contributed by atoms with Gasteiger partial charge in [0.15, 0.2) is 0 Å². The van der Waals surface area contributed by atoms with Gasteiger partial charge in [-0.15, -0.1) is 0 Å². The van der Waals surface area contributed by atoms with Gasteiger partial charge >= 0.3 is 5.97 Å². The molecule has 0 unspecified atom stereocenters. The number of hydrogen-bond acceptors (Lipinski definition) is 3. The number of rotatable bonds is 3. The summed E-state index contributed by atoms with van der Waals surface area (Å²) in [5.41, 5.74) is -0.340. The second-order valence-electron chi connectivity index (χ2n) is 5.07. The molecular formula is C13H22O3.